The van der Waals surface area contributed by atoms with Gasteiger partial charge in [-0.3, -0.25) is 38.3 Å². The Kier molecular flexibility index (Phi) is 7.17. The number of aromatic hydroxyl groups is 1. The van der Waals surface area contributed by atoms with Crippen LogP contribution in [0.5, 0.6) is 5.88 Å². The Labute approximate surface area is 242 Å². The molecule has 1 saturated heterocycles. The van der Waals surface area contributed by atoms with Crippen molar-refractivity contribution in [1.82, 2.24) is 23.9 Å². The number of hydrogen-bond acceptors (Lipinski definition) is 7. The number of pyridine rings is 2. The molecular weight excluding hydrogens is 548 g/mol. The van der Waals surface area contributed by atoms with Gasteiger partial charge in [-0.1, -0.05) is 12.1 Å². The molecule has 1 spiro atoms. The lowest BCUT2D eigenvalue weighted by molar-refractivity contribution is -0.713. The Balaban J connectivity index is 2.00. The minimum absolute atomic E-state index is 0.0581. The predicted molar refractivity (Wildman–Crippen MR) is 153 cm³/mol. The van der Waals surface area contributed by atoms with E-state index in [0.29, 0.717) is 11.4 Å². The Morgan fingerprint density at radius 1 is 0.900 bits per heavy atom. The molecule has 1 N–H and O–H groups in total. The van der Waals surface area contributed by atoms with Crippen LogP contribution >= 0.6 is 24.4 Å². The van der Waals surface area contributed by atoms with Crippen molar-refractivity contribution in [1.29, 1.82) is 0 Å². The fourth-order valence-electron chi connectivity index (χ4n) is 6.27. The van der Waals surface area contributed by atoms with Gasteiger partial charge in [0.25, 0.3) is 17.4 Å². The molecule has 2 atom stereocenters. The van der Waals surface area contributed by atoms with Gasteiger partial charge in [-0.15, -0.1) is 0 Å². The van der Waals surface area contributed by atoms with E-state index in [1.165, 1.54) is 18.9 Å². The lowest BCUT2D eigenvalue weighted by atomic mass is 9.65. The molecule has 3 aromatic heterocycles. The van der Waals surface area contributed by atoms with Crippen LogP contribution in [0.4, 0.5) is 0 Å². The van der Waals surface area contributed by atoms with Crippen molar-refractivity contribution in [3.8, 4) is 5.88 Å². The lowest BCUT2D eigenvalue weighted by Crippen LogP contribution is -2.69. The van der Waals surface area contributed by atoms with E-state index < -0.39 is 34.7 Å². The molecule has 0 radical (unpaired) electrons. The molecule has 0 bridgehead atoms. The number of aromatic nitrogens is 4. The summed E-state index contributed by atoms with van der Waals surface area (Å²) < 4.78 is 4.84. The van der Waals surface area contributed by atoms with Gasteiger partial charge in [-0.05, 0) is 64.3 Å². The van der Waals surface area contributed by atoms with Crippen molar-refractivity contribution >= 4 is 41.4 Å². The first kappa shape index (κ1) is 27.8. The number of nitrogens with zero attached hydrogens (tertiary/aromatic N) is 6. The molecule has 0 aliphatic carbocycles. The minimum Gasteiger partial charge on any atom is -0.494 e. The molecule has 5 heterocycles. The number of fused-ring (bicyclic) bond motifs is 1. The first-order valence-electron chi connectivity index (χ1n) is 13.4. The number of hydrogen-bond donors (Lipinski definition) is 1. The second kappa shape index (κ2) is 10.3. The van der Waals surface area contributed by atoms with Crippen LogP contribution in [0.3, 0.4) is 0 Å². The molecular formula is C28H31N6O4S2+. The Morgan fingerprint density at radius 3 is 2.08 bits per heavy atom. The van der Waals surface area contributed by atoms with Crippen molar-refractivity contribution in [2.45, 2.75) is 52.7 Å². The first-order valence-corrected chi connectivity index (χ1v) is 14.2. The number of amides is 2. The zero-order valence-electron chi connectivity index (χ0n) is 22.8. The molecule has 2 aliphatic rings. The van der Waals surface area contributed by atoms with Crippen molar-refractivity contribution in [2.24, 2.45) is 5.41 Å². The summed E-state index contributed by atoms with van der Waals surface area (Å²) in [4.78, 5) is 51.3. The van der Waals surface area contributed by atoms with Gasteiger partial charge >= 0.3 is 0 Å². The van der Waals surface area contributed by atoms with Crippen LogP contribution in [-0.2, 0) is 22.7 Å². The molecule has 208 valence electrons. The molecule has 0 aromatic carbocycles. The standard InChI is InChI=1S/C28H30N6O4S2/c1-5-30-22(35)19(23(36)31(6-2)26(30)39)20-18-14-10-12-16-34(18)21(17-13-9-11-15-29-17)28(20)24(37)32(7-3)27(40)33(8-4)25(28)38/h9-16,20-21H,5-8H2,1-4H3/p+1/t20-,21-/m1/s1. The molecule has 5 rings (SSSR count). The topological polar surface area (TPSA) is 105 Å². The molecule has 10 nitrogen and oxygen atoms in total. The third-order valence-corrected chi connectivity index (χ3v) is 8.88. The van der Waals surface area contributed by atoms with Crippen molar-refractivity contribution < 1.29 is 19.3 Å². The van der Waals surface area contributed by atoms with Crippen LogP contribution in [0.2, 0.25) is 0 Å². The average molecular weight is 580 g/mol. The molecule has 2 aliphatic heterocycles. The maximum atomic E-state index is 14.8. The lowest BCUT2D eigenvalue weighted by Gasteiger charge is -2.45. The van der Waals surface area contributed by atoms with E-state index in [1.807, 2.05) is 4.57 Å². The zero-order valence-corrected chi connectivity index (χ0v) is 24.4. The van der Waals surface area contributed by atoms with Gasteiger partial charge in [0.05, 0.1) is 5.56 Å². The maximum Gasteiger partial charge on any atom is 0.262 e. The smallest absolute Gasteiger partial charge is 0.262 e. The van der Waals surface area contributed by atoms with E-state index in [1.54, 1.807) is 76.5 Å². The van der Waals surface area contributed by atoms with Gasteiger partial charge in [-0.25, -0.2) is 0 Å². The van der Waals surface area contributed by atoms with E-state index in [2.05, 4.69) is 4.98 Å². The second-order valence-electron chi connectivity index (χ2n) is 9.69. The van der Waals surface area contributed by atoms with E-state index in [9.17, 15) is 19.5 Å². The summed E-state index contributed by atoms with van der Waals surface area (Å²) in [7, 11) is 0. The van der Waals surface area contributed by atoms with Crippen LogP contribution in [0.15, 0.2) is 53.6 Å². The summed E-state index contributed by atoms with van der Waals surface area (Å²) >= 11 is 11.2. The van der Waals surface area contributed by atoms with Crippen molar-refractivity contribution in [2.75, 3.05) is 13.1 Å². The Hall–Kier alpha value is -3.77. The molecule has 3 aromatic rings. The van der Waals surface area contributed by atoms with Gasteiger partial charge in [0.1, 0.15) is 11.6 Å². The minimum atomic E-state index is -1.91. The molecule has 12 heteroatoms. The Morgan fingerprint density at radius 2 is 1.52 bits per heavy atom. The molecule has 0 saturated carbocycles. The third-order valence-electron chi connectivity index (χ3n) is 8.00. The van der Waals surface area contributed by atoms with Crippen LogP contribution < -0.4 is 10.1 Å². The van der Waals surface area contributed by atoms with Crippen molar-refractivity contribution in [3.05, 3.63) is 80.9 Å². The number of carbonyl (C=O) groups excluding carboxylic acids is 2. The summed E-state index contributed by atoms with van der Waals surface area (Å²) in [6, 6.07) is 9.76. The second-order valence-corrected chi connectivity index (χ2v) is 10.4. The number of thiocarbonyl (C=S) groups is 1. The van der Waals surface area contributed by atoms with Gasteiger partial charge in [0, 0.05) is 44.5 Å². The summed E-state index contributed by atoms with van der Waals surface area (Å²) in [6.07, 6.45) is 3.39. The fourth-order valence-corrected chi connectivity index (χ4v) is 7.12. The predicted octanol–water partition coefficient (Wildman–Crippen LogP) is 2.52. The van der Waals surface area contributed by atoms with E-state index in [-0.39, 0.29) is 47.5 Å². The van der Waals surface area contributed by atoms with Crippen LogP contribution in [0, 0.1) is 10.2 Å². The first-order chi connectivity index (χ1) is 19.2. The summed E-state index contributed by atoms with van der Waals surface area (Å²) in [5.41, 5.74) is -1.51. The highest BCUT2D eigenvalue weighted by Gasteiger charge is 2.75. The highest BCUT2D eigenvalue weighted by Crippen LogP contribution is 2.56. The normalized spacial score (nSPS) is 19.9. The molecule has 2 amide bonds. The number of carbonyl (C=O) groups is 2. The third kappa shape index (κ3) is 3.55. The number of rotatable bonds is 6. The maximum absolute atomic E-state index is 14.8. The average Bonchev–Trinajstić information content (AvgIpc) is 3.25. The molecule has 0 unspecified atom stereocenters. The Bertz CT molecular complexity index is 1620. The monoisotopic (exact) mass is 579 g/mol. The van der Waals surface area contributed by atoms with Crippen molar-refractivity contribution in [3.63, 3.8) is 0 Å². The molecule has 1 fully saturated rings. The fraction of sp³-hybridized carbons (Fsp3) is 0.393. The van der Waals surface area contributed by atoms with Crippen LogP contribution in [-0.4, -0.2) is 59.0 Å². The van der Waals surface area contributed by atoms with Gasteiger partial charge in [0.15, 0.2) is 21.8 Å². The van der Waals surface area contributed by atoms with Crippen LogP contribution in [0.1, 0.15) is 56.6 Å². The van der Waals surface area contributed by atoms with Crippen LogP contribution in [0.25, 0.3) is 0 Å². The van der Waals surface area contributed by atoms with Gasteiger partial charge in [0.2, 0.25) is 17.3 Å². The van der Waals surface area contributed by atoms with E-state index in [4.69, 9.17) is 24.4 Å². The summed E-state index contributed by atoms with van der Waals surface area (Å²) in [6.45, 7) is 8.14. The summed E-state index contributed by atoms with van der Waals surface area (Å²) in [5, 5.41) is 11.8. The zero-order chi connectivity index (χ0) is 28.9. The van der Waals surface area contributed by atoms with E-state index in [0.717, 1.165) is 0 Å². The van der Waals surface area contributed by atoms with E-state index >= 15 is 0 Å². The van der Waals surface area contributed by atoms with Gasteiger partial charge in [-0.2, -0.15) is 4.57 Å². The highest BCUT2D eigenvalue weighted by atomic mass is 32.1. The molecule has 40 heavy (non-hydrogen) atoms. The highest BCUT2D eigenvalue weighted by molar-refractivity contribution is 7.80. The summed E-state index contributed by atoms with van der Waals surface area (Å²) in [5.74, 6) is -2.59. The largest absolute Gasteiger partial charge is 0.494 e. The van der Waals surface area contributed by atoms with Gasteiger partial charge < -0.3 is 5.11 Å². The quantitative estimate of drug-likeness (QED) is 0.272. The SMILES string of the molecule is CCN1C(=O)C2(C(=O)N(CC)C1=S)[C@@H](c1c(O)n(CC)c(=S)n(CC)c1=O)c1cccc[n+]1[C@@H]2c1ccccn1.